The molecule has 0 bridgehead atoms. The Morgan fingerprint density at radius 1 is 1.17 bits per heavy atom. The van der Waals surface area contributed by atoms with Gasteiger partial charge >= 0.3 is 0 Å². The van der Waals surface area contributed by atoms with Gasteiger partial charge in [0.25, 0.3) is 5.91 Å². The van der Waals surface area contributed by atoms with Gasteiger partial charge in [0.2, 0.25) is 5.91 Å². The Hall–Kier alpha value is -3.02. The van der Waals surface area contributed by atoms with Crippen molar-refractivity contribution in [1.29, 1.82) is 0 Å². The molecule has 1 heterocycles. The summed E-state index contributed by atoms with van der Waals surface area (Å²) in [5.41, 5.74) is 1.35. The molecule has 0 aromatic heterocycles. The third kappa shape index (κ3) is 5.50. The SMILES string of the molecule is CCCCCN1C(=O)C(C)Oc2ccc(NC(=O)CCOc3ccccc3)cc21. The summed E-state index contributed by atoms with van der Waals surface area (Å²) in [6.45, 7) is 4.84. The molecule has 1 aliphatic heterocycles. The second kappa shape index (κ2) is 9.96. The number of hydrogen-bond acceptors (Lipinski definition) is 4. The van der Waals surface area contributed by atoms with E-state index in [0.717, 1.165) is 25.0 Å². The number of amides is 2. The number of carbonyl (C=O) groups excluding carboxylic acids is 2. The number of benzene rings is 2. The van der Waals surface area contributed by atoms with E-state index in [1.807, 2.05) is 30.3 Å². The van der Waals surface area contributed by atoms with Gasteiger partial charge in [-0.05, 0) is 43.7 Å². The summed E-state index contributed by atoms with van der Waals surface area (Å²) in [7, 11) is 0. The lowest BCUT2D eigenvalue weighted by Crippen LogP contribution is -2.44. The van der Waals surface area contributed by atoms with Crippen LogP contribution in [0.1, 0.15) is 39.5 Å². The smallest absolute Gasteiger partial charge is 0.267 e. The minimum absolute atomic E-state index is 0.0478. The van der Waals surface area contributed by atoms with E-state index in [-0.39, 0.29) is 18.2 Å². The number of nitrogens with one attached hydrogen (secondary N) is 1. The molecular weight excluding hydrogens is 368 g/mol. The zero-order valence-corrected chi connectivity index (χ0v) is 17.0. The maximum Gasteiger partial charge on any atom is 0.267 e. The molecule has 1 N–H and O–H groups in total. The monoisotopic (exact) mass is 396 g/mol. The average Bonchev–Trinajstić information content (AvgIpc) is 2.72. The molecule has 154 valence electrons. The fourth-order valence-corrected chi connectivity index (χ4v) is 3.24. The summed E-state index contributed by atoms with van der Waals surface area (Å²) in [5.74, 6) is 1.21. The minimum atomic E-state index is -0.500. The topological polar surface area (TPSA) is 67.9 Å². The first-order chi connectivity index (χ1) is 14.1. The number of anilines is 2. The standard InChI is InChI=1S/C23H28N2O4/c1-3-4-8-14-25-20-16-18(11-12-21(20)29-17(2)23(25)27)24-22(26)13-15-28-19-9-6-5-7-10-19/h5-7,9-12,16-17H,3-4,8,13-15H2,1-2H3,(H,24,26). The summed E-state index contributed by atoms with van der Waals surface area (Å²) in [5, 5.41) is 2.88. The van der Waals surface area contributed by atoms with Gasteiger partial charge < -0.3 is 19.7 Å². The highest BCUT2D eigenvalue weighted by Crippen LogP contribution is 2.36. The van der Waals surface area contributed by atoms with E-state index in [0.29, 0.717) is 30.3 Å². The Labute approximate surface area is 171 Å². The van der Waals surface area contributed by atoms with Crippen LogP contribution in [0.5, 0.6) is 11.5 Å². The molecule has 0 aliphatic carbocycles. The summed E-state index contributed by atoms with van der Waals surface area (Å²) in [6.07, 6.45) is 2.81. The van der Waals surface area contributed by atoms with Crippen LogP contribution in [0.2, 0.25) is 0 Å². The first-order valence-corrected chi connectivity index (χ1v) is 10.2. The van der Waals surface area contributed by atoms with Crippen molar-refractivity contribution in [2.24, 2.45) is 0 Å². The van der Waals surface area contributed by atoms with Crippen LogP contribution in [0.4, 0.5) is 11.4 Å². The highest BCUT2D eigenvalue weighted by molar-refractivity contribution is 6.01. The zero-order chi connectivity index (χ0) is 20.6. The van der Waals surface area contributed by atoms with Gasteiger partial charge in [-0.1, -0.05) is 38.0 Å². The molecule has 0 spiro atoms. The van der Waals surface area contributed by atoms with Crippen LogP contribution in [-0.4, -0.2) is 31.1 Å². The van der Waals surface area contributed by atoms with Gasteiger partial charge in [0.15, 0.2) is 6.10 Å². The van der Waals surface area contributed by atoms with Crippen molar-refractivity contribution in [2.45, 2.75) is 45.6 Å². The number of fused-ring (bicyclic) bond motifs is 1. The molecule has 6 heteroatoms. The van der Waals surface area contributed by atoms with Crippen LogP contribution in [0.15, 0.2) is 48.5 Å². The van der Waals surface area contributed by atoms with Crippen molar-refractivity contribution in [2.75, 3.05) is 23.4 Å². The number of ether oxygens (including phenoxy) is 2. The molecule has 1 atom stereocenters. The molecule has 0 saturated heterocycles. The fraction of sp³-hybridized carbons (Fsp3) is 0.391. The first kappa shape index (κ1) is 20.7. The van der Waals surface area contributed by atoms with Crippen molar-refractivity contribution >= 4 is 23.2 Å². The average molecular weight is 396 g/mol. The van der Waals surface area contributed by atoms with E-state index in [1.165, 1.54) is 0 Å². The molecule has 0 saturated carbocycles. The summed E-state index contributed by atoms with van der Waals surface area (Å²) < 4.78 is 11.3. The lowest BCUT2D eigenvalue weighted by Gasteiger charge is -2.33. The summed E-state index contributed by atoms with van der Waals surface area (Å²) >= 11 is 0. The number of carbonyl (C=O) groups is 2. The van der Waals surface area contributed by atoms with Crippen molar-refractivity contribution in [3.63, 3.8) is 0 Å². The van der Waals surface area contributed by atoms with E-state index in [1.54, 1.807) is 30.0 Å². The molecule has 2 aromatic carbocycles. The van der Waals surface area contributed by atoms with E-state index in [4.69, 9.17) is 9.47 Å². The molecule has 1 aliphatic rings. The summed E-state index contributed by atoms with van der Waals surface area (Å²) in [6, 6.07) is 14.8. The molecule has 1 unspecified atom stereocenters. The van der Waals surface area contributed by atoms with Gasteiger partial charge in [-0.25, -0.2) is 0 Å². The Morgan fingerprint density at radius 2 is 1.97 bits per heavy atom. The molecular formula is C23H28N2O4. The Balaban J connectivity index is 1.62. The van der Waals surface area contributed by atoms with E-state index in [2.05, 4.69) is 12.2 Å². The third-order valence-corrected chi connectivity index (χ3v) is 4.78. The van der Waals surface area contributed by atoms with Crippen molar-refractivity contribution < 1.29 is 19.1 Å². The molecule has 0 radical (unpaired) electrons. The predicted molar refractivity (Wildman–Crippen MR) is 114 cm³/mol. The zero-order valence-electron chi connectivity index (χ0n) is 17.0. The van der Waals surface area contributed by atoms with Crippen molar-refractivity contribution in [1.82, 2.24) is 0 Å². The number of rotatable bonds is 9. The number of nitrogens with zero attached hydrogens (tertiary/aromatic N) is 1. The van der Waals surface area contributed by atoms with Gasteiger partial charge in [-0.3, -0.25) is 9.59 Å². The van der Waals surface area contributed by atoms with Crippen LogP contribution in [-0.2, 0) is 9.59 Å². The Bertz CT molecular complexity index is 838. The highest BCUT2D eigenvalue weighted by atomic mass is 16.5. The van der Waals surface area contributed by atoms with E-state index < -0.39 is 6.10 Å². The molecule has 6 nitrogen and oxygen atoms in total. The lowest BCUT2D eigenvalue weighted by molar-refractivity contribution is -0.125. The third-order valence-electron chi connectivity index (χ3n) is 4.78. The summed E-state index contributed by atoms with van der Waals surface area (Å²) in [4.78, 5) is 26.6. The van der Waals surface area contributed by atoms with Crippen LogP contribution >= 0.6 is 0 Å². The minimum Gasteiger partial charge on any atom is -0.493 e. The Morgan fingerprint density at radius 3 is 2.72 bits per heavy atom. The number of para-hydroxylation sites is 1. The van der Waals surface area contributed by atoms with Crippen molar-refractivity contribution in [3.8, 4) is 11.5 Å². The van der Waals surface area contributed by atoms with E-state index >= 15 is 0 Å². The van der Waals surface area contributed by atoms with Crippen molar-refractivity contribution in [3.05, 3.63) is 48.5 Å². The molecule has 2 aromatic rings. The van der Waals surface area contributed by atoms with Gasteiger partial charge in [0.1, 0.15) is 11.5 Å². The first-order valence-electron chi connectivity index (χ1n) is 10.2. The molecule has 2 amide bonds. The highest BCUT2D eigenvalue weighted by Gasteiger charge is 2.31. The largest absolute Gasteiger partial charge is 0.493 e. The number of unbranched alkanes of at least 4 members (excludes halogenated alkanes) is 2. The lowest BCUT2D eigenvalue weighted by atomic mass is 10.1. The maximum atomic E-state index is 12.6. The normalized spacial score (nSPS) is 15.4. The number of hydrogen-bond donors (Lipinski definition) is 1. The van der Waals surface area contributed by atoms with Crippen LogP contribution in [0.25, 0.3) is 0 Å². The quantitative estimate of drug-likeness (QED) is 0.638. The van der Waals surface area contributed by atoms with Gasteiger partial charge in [0.05, 0.1) is 18.7 Å². The van der Waals surface area contributed by atoms with Gasteiger partial charge in [0, 0.05) is 12.2 Å². The molecule has 29 heavy (non-hydrogen) atoms. The van der Waals surface area contributed by atoms with Gasteiger partial charge in [-0.15, -0.1) is 0 Å². The van der Waals surface area contributed by atoms with Gasteiger partial charge in [-0.2, -0.15) is 0 Å². The second-order valence-corrected chi connectivity index (χ2v) is 7.10. The van der Waals surface area contributed by atoms with Crippen LogP contribution in [0.3, 0.4) is 0 Å². The van der Waals surface area contributed by atoms with Crippen LogP contribution < -0.4 is 19.7 Å². The molecule has 3 rings (SSSR count). The molecule has 0 fully saturated rings. The maximum absolute atomic E-state index is 12.6. The predicted octanol–water partition coefficient (Wildman–Crippen LogP) is 4.40. The second-order valence-electron chi connectivity index (χ2n) is 7.10. The Kier molecular flexibility index (Phi) is 7.11. The fourth-order valence-electron chi connectivity index (χ4n) is 3.24. The van der Waals surface area contributed by atoms with E-state index in [9.17, 15) is 9.59 Å². The van der Waals surface area contributed by atoms with Crippen LogP contribution in [0, 0.1) is 0 Å².